The first-order chi connectivity index (χ1) is 16.0. The van der Waals surface area contributed by atoms with Crippen LogP contribution in [0.5, 0.6) is 0 Å². The van der Waals surface area contributed by atoms with Crippen molar-refractivity contribution >= 4 is 12.0 Å². The Morgan fingerprint density at radius 2 is 1.91 bits per heavy atom. The first-order valence-corrected chi connectivity index (χ1v) is 11.3. The average molecular weight is 455 g/mol. The van der Waals surface area contributed by atoms with Crippen molar-refractivity contribution in [3.63, 3.8) is 0 Å². The van der Waals surface area contributed by atoms with Crippen LogP contribution in [0.25, 0.3) is 11.1 Å². The topological polar surface area (TPSA) is 108 Å². The van der Waals surface area contributed by atoms with Gasteiger partial charge in [-0.3, -0.25) is 9.69 Å². The van der Waals surface area contributed by atoms with E-state index in [1.54, 1.807) is 0 Å². The molecule has 176 valence electrons. The summed E-state index contributed by atoms with van der Waals surface area (Å²) in [6, 6.07) is 13.5. The zero-order chi connectivity index (χ0) is 23.4. The molecular formula is C25H30N2O6. The highest BCUT2D eigenvalue weighted by molar-refractivity contribution is 5.86. The molecule has 2 amide bonds. The van der Waals surface area contributed by atoms with Crippen molar-refractivity contribution < 1.29 is 29.3 Å². The van der Waals surface area contributed by atoms with Gasteiger partial charge in [0.15, 0.2) is 0 Å². The van der Waals surface area contributed by atoms with E-state index in [2.05, 4.69) is 36.5 Å². The number of likely N-dealkylation sites (tertiary alicyclic amines) is 1. The van der Waals surface area contributed by atoms with Crippen molar-refractivity contribution in [3.05, 3.63) is 59.2 Å². The van der Waals surface area contributed by atoms with E-state index < -0.39 is 18.2 Å². The van der Waals surface area contributed by atoms with Gasteiger partial charge in [-0.15, -0.1) is 0 Å². The SMILES string of the molecule is Cc1cccc2c1-c1ccccc1C2COC(=O)N1C[C@H](O)C[C@H]1C(=O)NCCOCCO. The Kier molecular flexibility index (Phi) is 7.27. The summed E-state index contributed by atoms with van der Waals surface area (Å²) in [6.07, 6.45) is -1.23. The Morgan fingerprint density at radius 1 is 1.12 bits per heavy atom. The molecule has 3 N–H and O–H groups in total. The maximum atomic E-state index is 12.9. The lowest BCUT2D eigenvalue weighted by molar-refractivity contribution is -0.125. The van der Waals surface area contributed by atoms with Gasteiger partial charge in [0.25, 0.3) is 0 Å². The number of aryl methyl sites for hydroxylation is 1. The number of aliphatic hydroxyl groups is 2. The molecule has 4 rings (SSSR count). The molecule has 8 heteroatoms. The van der Waals surface area contributed by atoms with Crippen LogP contribution in [0.2, 0.25) is 0 Å². The van der Waals surface area contributed by atoms with Crippen LogP contribution in [0.4, 0.5) is 4.79 Å². The molecule has 0 bridgehead atoms. The predicted octanol–water partition coefficient (Wildman–Crippen LogP) is 1.80. The summed E-state index contributed by atoms with van der Waals surface area (Å²) in [4.78, 5) is 26.8. The van der Waals surface area contributed by atoms with E-state index in [9.17, 15) is 14.7 Å². The van der Waals surface area contributed by atoms with Gasteiger partial charge in [-0.25, -0.2) is 4.79 Å². The van der Waals surface area contributed by atoms with Crippen LogP contribution in [0.3, 0.4) is 0 Å². The van der Waals surface area contributed by atoms with E-state index in [0.29, 0.717) is 0 Å². The summed E-state index contributed by atoms with van der Waals surface area (Å²) in [5.74, 6) is -0.438. The fourth-order valence-electron chi connectivity index (χ4n) is 4.76. The van der Waals surface area contributed by atoms with Crippen LogP contribution in [0.1, 0.15) is 29.0 Å². The molecule has 1 aliphatic heterocycles. The van der Waals surface area contributed by atoms with Gasteiger partial charge in [-0.1, -0.05) is 42.5 Å². The van der Waals surface area contributed by atoms with E-state index >= 15 is 0 Å². The van der Waals surface area contributed by atoms with Crippen molar-refractivity contribution in [2.45, 2.75) is 31.4 Å². The fourth-order valence-corrected chi connectivity index (χ4v) is 4.76. The van der Waals surface area contributed by atoms with E-state index in [0.717, 1.165) is 16.7 Å². The van der Waals surface area contributed by atoms with Gasteiger partial charge >= 0.3 is 6.09 Å². The fraction of sp³-hybridized carbons (Fsp3) is 0.440. The number of carbonyl (C=O) groups excluding carboxylic acids is 2. The van der Waals surface area contributed by atoms with E-state index in [-0.39, 0.29) is 57.8 Å². The lowest BCUT2D eigenvalue weighted by Crippen LogP contribution is -2.47. The van der Waals surface area contributed by atoms with Crippen LogP contribution >= 0.6 is 0 Å². The molecule has 2 aromatic carbocycles. The number of hydrogen-bond acceptors (Lipinski definition) is 6. The molecule has 1 saturated heterocycles. The molecule has 2 aromatic rings. The van der Waals surface area contributed by atoms with E-state index in [4.69, 9.17) is 14.6 Å². The molecule has 8 nitrogen and oxygen atoms in total. The van der Waals surface area contributed by atoms with Gasteiger partial charge in [0.05, 0.1) is 32.5 Å². The Bertz CT molecular complexity index is 1010. The number of fused-ring (bicyclic) bond motifs is 3. The number of nitrogens with zero attached hydrogens (tertiary/aromatic N) is 1. The van der Waals surface area contributed by atoms with Crippen molar-refractivity contribution in [1.82, 2.24) is 10.2 Å². The smallest absolute Gasteiger partial charge is 0.410 e. The summed E-state index contributed by atoms with van der Waals surface area (Å²) >= 11 is 0. The first kappa shape index (κ1) is 23.2. The molecule has 0 spiro atoms. The van der Waals surface area contributed by atoms with Crippen LogP contribution in [0, 0.1) is 6.92 Å². The second kappa shape index (κ2) is 10.3. The molecule has 0 saturated carbocycles. The zero-order valence-corrected chi connectivity index (χ0v) is 18.7. The monoisotopic (exact) mass is 454 g/mol. The van der Waals surface area contributed by atoms with Crippen LogP contribution in [-0.4, -0.2) is 78.8 Å². The largest absolute Gasteiger partial charge is 0.448 e. The van der Waals surface area contributed by atoms with Crippen molar-refractivity contribution in [3.8, 4) is 11.1 Å². The lowest BCUT2D eigenvalue weighted by atomic mass is 9.97. The zero-order valence-electron chi connectivity index (χ0n) is 18.7. The minimum atomic E-state index is -0.796. The quantitative estimate of drug-likeness (QED) is 0.525. The number of nitrogens with one attached hydrogen (secondary N) is 1. The van der Waals surface area contributed by atoms with Crippen molar-refractivity contribution in [1.29, 1.82) is 0 Å². The Balaban J connectivity index is 1.41. The number of β-amino-alcohol motifs (C(OH)–C–C–N with tert-alkyl or cyclic N) is 1. The summed E-state index contributed by atoms with van der Waals surface area (Å²) in [7, 11) is 0. The Labute approximate surface area is 193 Å². The number of amides is 2. The molecule has 3 atom stereocenters. The van der Waals surface area contributed by atoms with Crippen LogP contribution in [0.15, 0.2) is 42.5 Å². The summed E-state index contributed by atoms with van der Waals surface area (Å²) in [6.45, 7) is 2.90. The third-order valence-corrected chi connectivity index (χ3v) is 6.26. The molecular weight excluding hydrogens is 424 g/mol. The van der Waals surface area contributed by atoms with Gasteiger partial charge < -0.3 is 25.0 Å². The minimum Gasteiger partial charge on any atom is -0.448 e. The molecule has 1 fully saturated rings. The van der Waals surface area contributed by atoms with Crippen molar-refractivity contribution in [2.24, 2.45) is 0 Å². The molecule has 33 heavy (non-hydrogen) atoms. The van der Waals surface area contributed by atoms with Gasteiger partial charge in [-0.05, 0) is 34.7 Å². The predicted molar refractivity (Wildman–Crippen MR) is 122 cm³/mol. The van der Waals surface area contributed by atoms with Crippen LogP contribution < -0.4 is 5.32 Å². The summed E-state index contributed by atoms with van der Waals surface area (Å²) in [5.41, 5.74) is 5.77. The number of ether oxygens (including phenoxy) is 2. The van der Waals surface area contributed by atoms with E-state index in [1.807, 2.05) is 18.2 Å². The molecule has 1 heterocycles. The second-order valence-corrected chi connectivity index (χ2v) is 8.44. The molecule has 0 radical (unpaired) electrons. The number of benzene rings is 2. The van der Waals surface area contributed by atoms with E-state index in [1.165, 1.54) is 16.0 Å². The average Bonchev–Trinajstić information content (AvgIpc) is 3.36. The maximum absolute atomic E-state index is 12.9. The lowest BCUT2D eigenvalue weighted by Gasteiger charge is -2.24. The first-order valence-electron chi connectivity index (χ1n) is 11.3. The third kappa shape index (κ3) is 4.88. The number of rotatable bonds is 8. The van der Waals surface area contributed by atoms with Gasteiger partial charge in [0.2, 0.25) is 5.91 Å². The minimum absolute atomic E-state index is 0.0505. The second-order valence-electron chi connectivity index (χ2n) is 8.44. The van der Waals surface area contributed by atoms with Crippen molar-refractivity contribution in [2.75, 3.05) is 39.5 Å². The summed E-state index contributed by atoms with van der Waals surface area (Å²) < 4.78 is 10.8. The number of carbonyl (C=O) groups is 2. The molecule has 0 aromatic heterocycles. The Morgan fingerprint density at radius 3 is 2.73 bits per heavy atom. The standard InChI is InChI=1S/C25H30N2O6/c1-16-5-4-8-20-21(18-6-2-3-7-19(18)23(16)20)15-33-25(31)27-14-17(29)13-22(27)24(30)26-9-11-32-12-10-28/h2-8,17,21-22,28-29H,9-15H2,1H3,(H,26,30)/t17-,21?,22+/m1/s1. The summed E-state index contributed by atoms with van der Waals surface area (Å²) in [5, 5.41) is 21.5. The molecule has 1 unspecified atom stereocenters. The van der Waals surface area contributed by atoms with Gasteiger partial charge in [0.1, 0.15) is 12.6 Å². The van der Waals surface area contributed by atoms with Crippen LogP contribution in [-0.2, 0) is 14.3 Å². The highest BCUT2D eigenvalue weighted by Crippen LogP contribution is 2.46. The van der Waals surface area contributed by atoms with Gasteiger partial charge in [-0.2, -0.15) is 0 Å². The molecule has 2 aliphatic rings. The maximum Gasteiger partial charge on any atom is 0.410 e. The third-order valence-electron chi connectivity index (χ3n) is 6.26. The Hall–Kier alpha value is -2.94. The molecule has 1 aliphatic carbocycles. The number of hydrogen-bond donors (Lipinski definition) is 3. The van der Waals surface area contributed by atoms with Gasteiger partial charge in [0, 0.05) is 18.9 Å². The number of aliphatic hydroxyl groups excluding tert-OH is 2. The highest BCUT2D eigenvalue weighted by atomic mass is 16.6. The normalized spacial score (nSPS) is 20.9. The highest BCUT2D eigenvalue weighted by Gasteiger charge is 2.40.